The molecule has 21 heavy (non-hydrogen) atoms. The van der Waals surface area contributed by atoms with E-state index in [4.69, 9.17) is 10.9 Å². The molecule has 0 aromatic heterocycles. The zero-order chi connectivity index (χ0) is 15.2. The summed E-state index contributed by atoms with van der Waals surface area (Å²) in [6.45, 7) is 0. The molecule has 0 aliphatic carbocycles. The van der Waals surface area contributed by atoms with Crippen LogP contribution < -0.4 is 5.73 Å². The van der Waals surface area contributed by atoms with Crippen LogP contribution >= 0.6 is 11.8 Å². The van der Waals surface area contributed by atoms with Crippen molar-refractivity contribution >= 4 is 17.6 Å². The van der Waals surface area contributed by atoms with Crippen molar-refractivity contribution in [1.29, 1.82) is 0 Å². The van der Waals surface area contributed by atoms with Gasteiger partial charge < -0.3 is 10.9 Å². The van der Waals surface area contributed by atoms with Crippen LogP contribution in [0, 0.1) is 11.6 Å². The molecule has 3 N–H and O–H groups in total. The normalized spacial score (nSPS) is 13.1. The topological polar surface area (TPSA) is 58.6 Å². The predicted octanol–water partition coefficient (Wildman–Crippen LogP) is 3.59. The molecule has 6 heteroatoms. The maximum Gasteiger partial charge on any atom is 0.147 e. The quantitative estimate of drug-likeness (QED) is 0.292. The number of rotatable bonds is 5. The third-order valence-electron chi connectivity index (χ3n) is 2.97. The van der Waals surface area contributed by atoms with Crippen molar-refractivity contribution in [2.45, 2.75) is 10.8 Å². The van der Waals surface area contributed by atoms with E-state index in [0.29, 0.717) is 5.75 Å². The van der Waals surface area contributed by atoms with Crippen LogP contribution in [0.3, 0.4) is 0 Å². The average Bonchev–Trinajstić information content (AvgIpc) is 2.51. The summed E-state index contributed by atoms with van der Waals surface area (Å²) in [6, 6.07) is 12.5. The molecule has 1 atom stereocenters. The number of amidine groups is 1. The Bertz CT molecular complexity index is 635. The number of nitrogens with zero attached hydrogens (tertiary/aromatic N) is 1. The highest BCUT2D eigenvalue weighted by molar-refractivity contribution is 7.99. The summed E-state index contributed by atoms with van der Waals surface area (Å²) < 4.78 is 26.8. The molecule has 0 saturated carbocycles. The second kappa shape index (κ2) is 7.08. The van der Waals surface area contributed by atoms with Crippen LogP contribution in [0.5, 0.6) is 0 Å². The van der Waals surface area contributed by atoms with Crippen LogP contribution in [-0.4, -0.2) is 16.8 Å². The Morgan fingerprint density at radius 2 is 1.90 bits per heavy atom. The van der Waals surface area contributed by atoms with E-state index in [-0.39, 0.29) is 16.6 Å². The molecule has 0 heterocycles. The summed E-state index contributed by atoms with van der Waals surface area (Å²) in [7, 11) is 0. The molecule has 2 aromatic carbocycles. The molecule has 3 nitrogen and oxygen atoms in total. The number of hydrogen-bond acceptors (Lipinski definition) is 3. The highest BCUT2D eigenvalue weighted by atomic mass is 32.2. The molecule has 0 aliphatic heterocycles. The maximum absolute atomic E-state index is 13.6. The SMILES string of the molecule is NC(=NO)C(CSc1cc(F)ccc1F)c1ccccc1. The fraction of sp³-hybridized carbons (Fsp3) is 0.133. The Morgan fingerprint density at radius 3 is 2.57 bits per heavy atom. The van der Waals surface area contributed by atoms with Crippen molar-refractivity contribution in [3.63, 3.8) is 0 Å². The van der Waals surface area contributed by atoms with E-state index in [9.17, 15) is 8.78 Å². The van der Waals surface area contributed by atoms with Gasteiger partial charge in [-0.25, -0.2) is 8.78 Å². The third-order valence-corrected chi connectivity index (χ3v) is 4.10. The molecular formula is C15H14F2N2OS. The van der Waals surface area contributed by atoms with E-state index in [2.05, 4.69) is 5.16 Å². The fourth-order valence-corrected chi connectivity index (χ4v) is 2.98. The van der Waals surface area contributed by atoms with Crippen LogP contribution in [0.25, 0.3) is 0 Å². The van der Waals surface area contributed by atoms with Crippen LogP contribution in [-0.2, 0) is 0 Å². The minimum absolute atomic E-state index is 0.0329. The first kappa shape index (κ1) is 15.3. The lowest BCUT2D eigenvalue weighted by atomic mass is 10.0. The van der Waals surface area contributed by atoms with Crippen molar-refractivity contribution in [1.82, 2.24) is 0 Å². The first-order valence-corrected chi connectivity index (χ1v) is 7.20. The van der Waals surface area contributed by atoms with Crippen LogP contribution in [0.2, 0.25) is 0 Å². The average molecular weight is 308 g/mol. The largest absolute Gasteiger partial charge is 0.409 e. The van der Waals surface area contributed by atoms with Gasteiger partial charge in [0.2, 0.25) is 0 Å². The Hall–Kier alpha value is -2.08. The van der Waals surface area contributed by atoms with Crippen molar-refractivity contribution in [3.8, 4) is 0 Å². The van der Waals surface area contributed by atoms with Gasteiger partial charge in [0, 0.05) is 10.6 Å². The van der Waals surface area contributed by atoms with E-state index in [1.807, 2.05) is 30.3 Å². The first-order valence-electron chi connectivity index (χ1n) is 6.22. The summed E-state index contributed by atoms with van der Waals surface area (Å²) in [4.78, 5) is 0.196. The second-order valence-corrected chi connectivity index (χ2v) is 5.44. The number of thioether (sulfide) groups is 1. The molecule has 110 valence electrons. The van der Waals surface area contributed by atoms with Crippen molar-refractivity contribution in [3.05, 3.63) is 65.7 Å². The monoisotopic (exact) mass is 308 g/mol. The highest BCUT2D eigenvalue weighted by Gasteiger charge is 2.18. The maximum atomic E-state index is 13.6. The predicted molar refractivity (Wildman–Crippen MR) is 79.7 cm³/mol. The lowest BCUT2D eigenvalue weighted by Gasteiger charge is -2.15. The van der Waals surface area contributed by atoms with Gasteiger partial charge in [-0.05, 0) is 23.8 Å². The zero-order valence-electron chi connectivity index (χ0n) is 11.0. The van der Waals surface area contributed by atoms with Gasteiger partial charge in [-0.3, -0.25) is 0 Å². The molecular weight excluding hydrogens is 294 g/mol. The van der Waals surface area contributed by atoms with E-state index in [1.54, 1.807) is 0 Å². The molecule has 0 saturated heterocycles. The summed E-state index contributed by atoms with van der Waals surface area (Å²) in [5.41, 5.74) is 6.54. The van der Waals surface area contributed by atoms with Crippen molar-refractivity contribution < 1.29 is 14.0 Å². The molecule has 0 radical (unpaired) electrons. The number of hydrogen-bond donors (Lipinski definition) is 2. The van der Waals surface area contributed by atoms with Gasteiger partial charge in [0.1, 0.15) is 17.5 Å². The lowest BCUT2D eigenvalue weighted by Crippen LogP contribution is -2.23. The van der Waals surface area contributed by atoms with Crippen LogP contribution in [0.1, 0.15) is 11.5 Å². The molecule has 2 aromatic rings. The number of nitrogens with two attached hydrogens (primary N) is 1. The standard InChI is InChI=1S/C15H14F2N2OS/c16-11-6-7-13(17)14(8-11)21-9-12(15(18)19-20)10-4-2-1-3-5-10/h1-8,12,20H,9H2,(H2,18,19). The Morgan fingerprint density at radius 1 is 1.19 bits per heavy atom. The van der Waals surface area contributed by atoms with E-state index >= 15 is 0 Å². The fourth-order valence-electron chi connectivity index (χ4n) is 1.87. The minimum atomic E-state index is -0.501. The lowest BCUT2D eigenvalue weighted by molar-refractivity contribution is 0.316. The van der Waals surface area contributed by atoms with Gasteiger partial charge in [0.05, 0.1) is 5.92 Å². The Kier molecular flexibility index (Phi) is 5.16. The zero-order valence-corrected chi connectivity index (χ0v) is 11.9. The molecule has 0 aliphatic rings. The van der Waals surface area contributed by atoms with Gasteiger partial charge >= 0.3 is 0 Å². The molecule has 0 fully saturated rings. The summed E-state index contributed by atoms with van der Waals surface area (Å²) in [5, 5.41) is 11.9. The van der Waals surface area contributed by atoms with Gasteiger partial charge in [0.25, 0.3) is 0 Å². The number of oxime groups is 1. The summed E-state index contributed by atoms with van der Waals surface area (Å²) in [5.74, 6) is -1.01. The molecule has 2 rings (SSSR count). The molecule has 0 amide bonds. The van der Waals surface area contributed by atoms with Gasteiger partial charge in [-0.2, -0.15) is 0 Å². The van der Waals surface area contributed by atoms with E-state index in [1.165, 1.54) is 0 Å². The van der Waals surface area contributed by atoms with Gasteiger partial charge in [-0.1, -0.05) is 35.5 Å². The van der Waals surface area contributed by atoms with Crippen molar-refractivity contribution in [2.24, 2.45) is 10.9 Å². The smallest absolute Gasteiger partial charge is 0.147 e. The van der Waals surface area contributed by atoms with E-state index in [0.717, 1.165) is 35.5 Å². The summed E-state index contributed by atoms with van der Waals surface area (Å²) in [6.07, 6.45) is 0. The Labute approximate surface area is 125 Å². The number of benzene rings is 2. The molecule has 0 spiro atoms. The third kappa shape index (κ3) is 3.95. The minimum Gasteiger partial charge on any atom is -0.409 e. The van der Waals surface area contributed by atoms with Crippen LogP contribution in [0.15, 0.2) is 58.6 Å². The van der Waals surface area contributed by atoms with Gasteiger partial charge in [0.15, 0.2) is 0 Å². The van der Waals surface area contributed by atoms with Crippen molar-refractivity contribution in [2.75, 3.05) is 5.75 Å². The molecule has 1 unspecified atom stereocenters. The van der Waals surface area contributed by atoms with Gasteiger partial charge in [-0.15, -0.1) is 11.8 Å². The summed E-state index contributed by atoms with van der Waals surface area (Å²) >= 11 is 1.12. The van der Waals surface area contributed by atoms with Crippen LogP contribution in [0.4, 0.5) is 8.78 Å². The molecule has 0 bridgehead atoms. The van der Waals surface area contributed by atoms with E-state index < -0.39 is 11.6 Å². The highest BCUT2D eigenvalue weighted by Crippen LogP contribution is 2.28. The second-order valence-electron chi connectivity index (χ2n) is 4.37. The Balaban J connectivity index is 2.19. The number of halogens is 2. The first-order chi connectivity index (χ1) is 10.1.